The summed E-state index contributed by atoms with van der Waals surface area (Å²) in [5.41, 5.74) is 5.77. The number of fused-ring (bicyclic) bond motifs is 1. The smallest absolute Gasteiger partial charge is 0.260 e. The van der Waals surface area contributed by atoms with Gasteiger partial charge in [-0.05, 0) is 24.3 Å². The summed E-state index contributed by atoms with van der Waals surface area (Å²) in [5.74, 6) is 0.466. The van der Waals surface area contributed by atoms with Crippen molar-refractivity contribution in [1.29, 1.82) is 0 Å². The molecule has 0 amide bonds. The molecule has 30 heavy (non-hydrogen) atoms. The number of aliphatic imine (C=N–C) groups is 1. The number of hydrazone groups is 1. The third-order valence-corrected chi connectivity index (χ3v) is 4.30. The number of non-ortho nitro benzene ring substituents is 1. The van der Waals surface area contributed by atoms with Crippen molar-refractivity contribution < 1.29 is 4.92 Å². The van der Waals surface area contributed by atoms with E-state index in [1.165, 1.54) is 18.3 Å². The highest BCUT2D eigenvalue weighted by Gasteiger charge is 2.07. The fourth-order valence-electron chi connectivity index (χ4n) is 2.86. The van der Waals surface area contributed by atoms with E-state index >= 15 is 0 Å². The molecule has 146 valence electrons. The molecule has 0 bridgehead atoms. The summed E-state index contributed by atoms with van der Waals surface area (Å²) in [7, 11) is 0. The first-order valence-corrected chi connectivity index (χ1v) is 9.22. The largest absolute Gasteiger partial charge is 0.270 e. The van der Waals surface area contributed by atoms with Crippen molar-refractivity contribution in [3.05, 3.63) is 112 Å². The average molecular weight is 395 g/mol. The Balaban J connectivity index is 1.66. The van der Waals surface area contributed by atoms with Crippen LogP contribution in [0.3, 0.4) is 0 Å². The SMILES string of the molecule is O=[N+]([O-])c1cccc(/C=N/NC(=Nc2ccccc2)c2ccc3ccccc3n2)c1. The maximum absolute atomic E-state index is 10.9. The first-order chi connectivity index (χ1) is 14.7. The molecule has 7 heteroatoms. The molecule has 4 rings (SSSR count). The fourth-order valence-corrected chi connectivity index (χ4v) is 2.86. The molecule has 0 atom stereocenters. The van der Waals surface area contributed by atoms with Crippen LogP contribution in [0.5, 0.6) is 0 Å². The maximum atomic E-state index is 10.9. The van der Waals surface area contributed by atoms with Crippen molar-refractivity contribution in [3.8, 4) is 0 Å². The summed E-state index contributed by atoms with van der Waals surface area (Å²) in [5, 5.41) is 16.2. The molecule has 7 nitrogen and oxygen atoms in total. The Morgan fingerprint density at radius 3 is 2.57 bits per heavy atom. The Bertz CT molecular complexity index is 1250. The number of nitrogens with one attached hydrogen (secondary N) is 1. The zero-order chi connectivity index (χ0) is 20.8. The number of para-hydroxylation sites is 2. The molecule has 0 fully saturated rings. The minimum absolute atomic E-state index is 0.00771. The molecule has 0 aliphatic carbocycles. The normalized spacial score (nSPS) is 11.7. The standard InChI is InChI=1S/C23H17N5O2/c29-28(30)20-11-6-7-17(15-20)16-24-27-23(25-19-9-2-1-3-10-19)22-14-13-18-8-4-5-12-21(18)26-22/h1-16H,(H,25,27)/b24-16+. The number of benzene rings is 3. The van der Waals surface area contributed by atoms with Gasteiger partial charge in [-0.1, -0.05) is 54.6 Å². The summed E-state index contributed by atoms with van der Waals surface area (Å²) in [6, 6.07) is 27.4. The molecule has 1 aromatic heterocycles. The summed E-state index contributed by atoms with van der Waals surface area (Å²) in [6.07, 6.45) is 1.51. The molecule has 0 saturated heterocycles. The van der Waals surface area contributed by atoms with Crippen LogP contribution in [0.4, 0.5) is 11.4 Å². The van der Waals surface area contributed by atoms with E-state index in [9.17, 15) is 10.1 Å². The molecule has 1 N–H and O–H groups in total. The Labute approximate surface area is 172 Å². The number of amidine groups is 1. The maximum Gasteiger partial charge on any atom is 0.270 e. The average Bonchev–Trinajstić information content (AvgIpc) is 2.79. The lowest BCUT2D eigenvalue weighted by Crippen LogP contribution is -2.20. The number of nitro groups is 1. The fraction of sp³-hybridized carbons (Fsp3) is 0. The van der Waals surface area contributed by atoms with Gasteiger partial charge in [0.25, 0.3) is 5.69 Å². The van der Waals surface area contributed by atoms with E-state index in [0.29, 0.717) is 17.1 Å². The molecule has 3 aromatic carbocycles. The number of rotatable bonds is 5. The van der Waals surface area contributed by atoms with Crippen molar-refractivity contribution in [3.63, 3.8) is 0 Å². The zero-order valence-corrected chi connectivity index (χ0v) is 15.8. The van der Waals surface area contributed by atoms with Crippen molar-refractivity contribution in [1.82, 2.24) is 10.4 Å². The predicted octanol–water partition coefficient (Wildman–Crippen LogP) is 4.85. The number of aromatic nitrogens is 1. The van der Waals surface area contributed by atoms with Gasteiger partial charge < -0.3 is 0 Å². The summed E-state index contributed by atoms with van der Waals surface area (Å²) >= 11 is 0. The van der Waals surface area contributed by atoms with Crippen LogP contribution in [0.25, 0.3) is 10.9 Å². The highest BCUT2D eigenvalue weighted by molar-refractivity contribution is 6.00. The van der Waals surface area contributed by atoms with Crippen molar-refractivity contribution in [2.45, 2.75) is 0 Å². The van der Waals surface area contributed by atoms with Gasteiger partial charge in [-0.2, -0.15) is 5.10 Å². The van der Waals surface area contributed by atoms with Crippen LogP contribution in [0, 0.1) is 10.1 Å². The van der Waals surface area contributed by atoms with E-state index < -0.39 is 4.92 Å². The van der Waals surface area contributed by atoms with E-state index in [1.807, 2.05) is 66.7 Å². The monoisotopic (exact) mass is 395 g/mol. The minimum atomic E-state index is -0.438. The van der Waals surface area contributed by atoms with Crippen molar-refractivity contribution >= 4 is 34.3 Å². The van der Waals surface area contributed by atoms with Gasteiger partial charge in [0.1, 0.15) is 5.69 Å². The van der Waals surface area contributed by atoms with Crippen LogP contribution in [0.15, 0.2) is 101 Å². The lowest BCUT2D eigenvalue weighted by molar-refractivity contribution is -0.384. The highest BCUT2D eigenvalue weighted by atomic mass is 16.6. The van der Waals surface area contributed by atoms with E-state index in [2.05, 4.69) is 20.5 Å². The topological polar surface area (TPSA) is 92.8 Å². The predicted molar refractivity (Wildman–Crippen MR) is 118 cm³/mol. The lowest BCUT2D eigenvalue weighted by atomic mass is 10.2. The van der Waals surface area contributed by atoms with Gasteiger partial charge in [-0.25, -0.2) is 9.98 Å². The van der Waals surface area contributed by atoms with E-state index in [0.717, 1.165) is 16.6 Å². The summed E-state index contributed by atoms with van der Waals surface area (Å²) in [4.78, 5) is 19.8. The van der Waals surface area contributed by atoms with E-state index in [1.54, 1.807) is 12.1 Å². The van der Waals surface area contributed by atoms with E-state index in [4.69, 9.17) is 0 Å². The Morgan fingerprint density at radius 1 is 0.933 bits per heavy atom. The molecule has 0 aliphatic rings. The van der Waals surface area contributed by atoms with Gasteiger partial charge in [0.15, 0.2) is 5.84 Å². The van der Waals surface area contributed by atoms with Gasteiger partial charge in [0.05, 0.1) is 22.3 Å². The number of hydrogen-bond donors (Lipinski definition) is 1. The third kappa shape index (κ3) is 4.53. The molecular weight excluding hydrogens is 378 g/mol. The first-order valence-electron chi connectivity index (χ1n) is 9.22. The lowest BCUT2D eigenvalue weighted by Gasteiger charge is -2.07. The van der Waals surface area contributed by atoms with Crippen LogP contribution in [0.2, 0.25) is 0 Å². The second-order valence-electron chi connectivity index (χ2n) is 6.41. The Morgan fingerprint density at radius 2 is 1.73 bits per heavy atom. The summed E-state index contributed by atoms with van der Waals surface area (Å²) < 4.78 is 0. The number of nitrogens with zero attached hydrogens (tertiary/aromatic N) is 4. The third-order valence-electron chi connectivity index (χ3n) is 4.30. The molecule has 4 aromatic rings. The molecular formula is C23H17N5O2. The second-order valence-corrected chi connectivity index (χ2v) is 6.41. The number of nitro benzene ring substituents is 1. The molecule has 0 unspecified atom stereocenters. The van der Waals surface area contributed by atoms with Crippen LogP contribution in [-0.4, -0.2) is 22.0 Å². The second kappa shape index (κ2) is 8.74. The van der Waals surface area contributed by atoms with Crippen LogP contribution in [0.1, 0.15) is 11.3 Å². The number of pyridine rings is 1. The van der Waals surface area contributed by atoms with Crippen LogP contribution >= 0.6 is 0 Å². The molecule has 1 heterocycles. The summed E-state index contributed by atoms with van der Waals surface area (Å²) in [6.45, 7) is 0. The highest BCUT2D eigenvalue weighted by Crippen LogP contribution is 2.15. The molecule has 0 spiro atoms. The molecule has 0 saturated carbocycles. The Hall–Kier alpha value is -4.39. The van der Waals surface area contributed by atoms with Crippen molar-refractivity contribution in [2.75, 3.05) is 0 Å². The quantitative estimate of drug-likeness (QED) is 0.226. The number of hydrogen-bond acceptors (Lipinski definition) is 5. The van der Waals surface area contributed by atoms with Gasteiger partial charge in [0, 0.05) is 23.1 Å². The van der Waals surface area contributed by atoms with Crippen LogP contribution < -0.4 is 5.43 Å². The van der Waals surface area contributed by atoms with Gasteiger partial charge in [0.2, 0.25) is 0 Å². The molecule has 0 radical (unpaired) electrons. The van der Waals surface area contributed by atoms with Crippen LogP contribution in [-0.2, 0) is 0 Å². The Kier molecular flexibility index (Phi) is 5.52. The zero-order valence-electron chi connectivity index (χ0n) is 15.8. The van der Waals surface area contributed by atoms with Gasteiger partial charge in [-0.3, -0.25) is 15.5 Å². The first kappa shape index (κ1) is 18.9. The van der Waals surface area contributed by atoms with Gasteiger partial charge in [-0.15, -0.1) is 0 Å². The van der Waals surface area contributed by atoms with Gasteiger partial charge >= 0.3 is 0 Å². The van der Waals surface area contributed by atoms with E-state index in [-0.39, 0.29) is 5.69 Å². The van der Waals surface area contributed by atoms with Crippen molar-refractivity contribution in [2.24, 2.45) is 10.1 Å². The molecule has 0 aliphatic heterocycles. The minimum Gasteiger partial charge on any atom is -0.260 e.